The van der Waals surface area contributed by atoms with Crippen molar-refractivity contribution in [1.82, 2.24) is 5.32 Å². The maximum Gasteiger partial charge on any atom is 0.0441 e. The molecule has 0 aromatic heterocycles. The topological polar surface area (TPSA) is 29.1 Å². The molecule has 0 aliphatic carbocycles. The largest absolute Gasteiger partial charge is 0.313 e. The highest BCUT2D eigenvalue weighted by atomic mass is 32.2. The van der Waals surface area contributed by atoms with Crippen LogP contribution in [0, 0.1) is 5.41 Å². The second-order valence-electron chi connectivity index (χ2n) is 4.81. The summed E-state index contributed by atoms with van der Waals surface area (Å²) < 4.78 is 11.1. The van der Waals surface area contributed by atoms with Gasteiger partial charge in [0.2, 0.25) is 0 Å². The van der Waals surface area contributed by atoms with Crippen LogP contribution in [-0.4, -0.2) is 28.3 Å². The minimum Gasteiger partial charge on any atom is -0.313 e. The monoisotopic (exact) mass is 205 g/mol. The third kappa shape index (κ3) is 5.42. The molecule has 0 aromatic carbocycles. The molecule has 0 fully saturated rings. The maximum absolute atomic E-state index is 11.1. The summed E-state index contributed by atoms with van der Waals surface area (Å²) in [6, 6.07) is 0.457. The molecule has 0 radical (unpaired) electrons. The van der Waals surface area contributed by atoms with E-state index < -0.39 is 10.8 Å². The summed E-state index contributed by atoms with van der Waals surface area (Å²) in [7, 11) is -0.716. The van der Waals surface area contributed by atoms with E-state index in [1.165, 1.54) is 0 Å². The van der Waals surface area contributed by atoms with Crippen LogP contribution < -0.4 is 5.32 Å². The molecular weight excluding hydrogens is 182 g/mol. The Balaban J connectivity index is 3.83. The summed E-state index contributed by atoms with van der Waals surface area (Å²) in [5, 5.41) is 3.65. The summed E-state index contributed by atoms with van der Waals surface area (Å²) in [6.07, 6.45) is 1.76. The highest BCUT2D eigenvalue weighted by Gasteiger charge is 2.20. The van der Waals surface area contributed by atoms with E-state index in [2.05, 4.69) is 33.0 Å². The summed E-state index contributed by atoms with van der Waals surface area (Å²) in [5.74, 6) is 0. The highest BCUT2D eigenvalue weighted by molar-refractivity contribution is 7.84. The Kier molecular flexibility index (Phi) is 5.15. The first-order valence-electron chi connectivity index (χ1n) is 4.80. The summed E-state index contributed by atoms with van der Waals surface area (Å²) in [4.78, 5) is 0. The van der Waals surface area contributed by atoms with Gasteiger partial charge < -0.3 is 5.32 Å². The van der Waals surface area contributed by atoms with Crippen LogP contribution >= 0.6 is 0 Å². The van der Waals surface area contributed by atoms with Crippen LogP contribution in [-0.2, 0) is 10.8 Å². The fraction of sp³-hybridized carbons (Fsp3) is 1.00. The van der Waals surface area contributed by atoms with Gasteiger partial charge in [-0.15, -0.1) is 0 Å². The van der Waals surface area contributed by atoms with Crippen molar-refractivity contribution in [3.8, 4) is 0 Å². The van der Waals surface area contributed by atoms with E-state index in [1.807, 2.05) is 6.92 Å². The van der Waals surface area contributed by atoms with E-state index in [-0.39, 0.29) is 10.7 Å². The average molecular weight is 205 g/mol. The molecule has 3 unspecified atom stereocenters. The van der Waals surface area contributed by atoms with Crippen LogP contribution in [0.4, 0.5) is 0 Å². The standard InChI is InChI=1S/C10H23NOS/c1-8(13(6)12)7-11-9(2)10(3,4)5/h8-9,11H,7H2,1-6H3. The molecule has 1 N–H and O–H groups in total. The fourth-order valence-electron chi connectivity index (χ4n) is 0.766. The van der Waals surface area contributed by atoms with Crippen molar-refractivity contribution in [2.45, 2.75) is 45.9 Å². The fourth-order valence-corrected chi connectivity index (χ4v) is 1.10. The van der Waals surface area contributed by atoms with E-state index in [4.69, 9.17) is 0 Å². The zero-order chi connectivity index (χ0) is 10.6. The molecule has 80 valence electrons. The first-order chi connectivity index (χ1) is 5.75. The van der Waals surface area contributed by atoms with Gasteiger partial charge in [-0.1, -0.05) is 20.8 Å². The van der Waals surface area contributed by atoms with Gasteiger partial charge in [0.15, 0.2) is 0 Å². The van der Waals surface area contributed by atoms with Crippen molar-refractivity contribution in [3.63, 3.8) is 0 Å². The van der Waals surface area contributed by atoms with Crippen molar-refractivity contribution < 1.29 is 4.21 Å². The van der Waals surface area contributed by atoms with E-state index >= 15 is 0 Å². The van der Waals surface area contributed by atoms with Gasteiger partial charge in [-0.05, 0) is 19.3 Å². The number of rotatable bonds is 4. The van der Waals surface area contributed by atoms with Gasteiger partial charge in [0.05, 0.1) is 0 Å². The first kappa shape index (κ1) is 13.1. The van der Waals surface area contributed by atoms with Crippen molar-refractivity contribution in [2.24, 2.45) is 5.41 Å². The maximum atomic E-state index is 11.1. The van der Waals surface area contributed by atoms with Crippen LogP contribution in [0.3, 0.4) is 0 Å². The van der Waals surface area contributed by atoms with E-state index in [0.717, 1.165) is 6.54 Å². The van der Waals surface area contributed by atoms with E-state index in [1.54, 1.807) is 6.26 Å². The average Bonchev–Trinajstić information content (AvgIpc) is 1.97. The second-order valence-corrected chi connectivity index (χ2v) is 6.61. The van der Waals surface area contributed by atoms with E-state index in [9.17, 15) is 4.21 Å². The first-order valence-corrected chi connectivity index (χ1v) is 6.43. The van der Waals surface area contributed by atoms with Gasteiger partial charge in [0.25, 0.3) is 0 Å². The number of hydrogen-bond acceptors (Lipinski definition) is 2. The lowest BCUT2D eigenvalue weighted by Crippen LogP contribution is -2.41. The molecule has 13 heavy (non-hydrogen) atoms. The molecule has 0 amide bonds. The predicted octanol–water partition coefficient (Wildman–Crippen LogP) is 1.78. The lowest BCUT2D eigenvalue weighted by atomic mass is 9.88. The Bertz CT molecular complexity index is 174. The zero-order valence-electron chi connectivity index (χ0n) is 9.68. The number of nitrogens with one attached hydrogen (secondary N) is 1. The van der Waals surface area contributed by atoms with Crippen molar-refractivity contribution in [2.75, 3.05) is 12.8 Å². The molecule has 0 saturated carbocycles. The molecule has 3 atom stereocenters. The smallest absolute Gasteiger partial charge is 0.0441 e. The second kappa shape index (κ2) is 5.11. The Morgan fingerprint density at radius 1 is 1.31 bits per heavy atom. The molecule has 0 heterocycles. The molecular formula is C10H23NOS. The van der Waals surface area contributed by atoms with Crippen LogP contribution in [0.15, 0.2) is 0 Å². The SMILES string of the molecule is CC(CNC(C)C(C)(C)C)S(C)=O. The zero-order valence-corrected chi connectivity index (χ0v) is 10.5. The molecule has 0 aliphatic heterocycles. The Morgan fingerprint density at radius 3 is 2.08 bits per heavy atom. The number of hydrogen-bond donors (Lipinski definition) is 1. The normalized spacial score (nSPS) is 19.5. The van der Waals surface area contributed by atoms with Crippen molar-refractivity contribution in [1.29, 1.82) is 0 Å². The summed E-state index contributed by atoms with van der Waals surface area (Å²) in [6.45, 7) is 11.6. The molecule has 2 nitrogen and oxygen atoms in total. The van der Waals surface area contributed by atoms with Gasteiger partial charge in [-0.25, -0.2) is 0 Å². The molecule has 0 rings (SSSR count). The van der Waals surface area contributed by atoms with Gasteiger partial charge in [-0.3, -0.25) is 4.21 Å². The predicted molar refractivity (Wildman–Crippen MR) is 60.4 cm³/mol. The van der Waals surface area contributed by atoms with E-state index in [0.29, 0.717) is 6.04 Å². The third-order valence-electron chi connectivity index (χ3n) is 2.58. The molecule has 0 spiro atoms. The van der Waals surface area contributed by atoms with Gasteiger partial charge in [0, 0.05) is 34.9 Å². The Morgan fingerprint density at radius 2 is 1.77 bits per heavy atom. The van der Waals surface area contributed by atoms with Crippen LogP contribution in [0.25, 0.3) is 0 Å². The molecule has 0 aliphatic rings. The third-order valence-corrected chi connectivity index (χ3v) is 3.88. The summed E-state index contributed by atoms with van der Waals surface area (Å²) in [5.41, 5.74) is 0.273. The van der Waals surface area contributed by atoms with Gasteiger partial charge in [-0.2, -0.15) is 0 Å². The minimum absolute atomic E-state index is 0.241. The lowest BCUT2D eigenvalue weighted by molar-refractivity contribution is 0.288. The van der Waals surface area contributed by atoms with Crippen LogP contribution in [0.1, 0.15) is 34.6 Å². The molecule has 0 bridgehead atoms. The molecule has 0 aromatic rings. The van der Waals surface area contributed by atoms with Gasteiger partial charge in [0.1, 0.15) is 0 Å². The highest BCUT2D eigenvalue weighted by Crippen LogP contribution is 2.18. The van der Waals surface area contributed by atoms with Crippen molar-refractivity contribution in [3.05, 3.63) is 0 Å². The lowest BCUT2D eigenvalue weighted by Gasteiger charge is -2.29. The molecule has 3 heteroatoms. The van der Waals surface area contributed by atoms with Crippen LogP contribution in [0.2, 0.25) is 0 Å². The Labute approximate surface area is 84.9 Å². The Hall–Kier alpha value is 0.110. The van der Waals surface area contributed by atoms with Crippen LogP contribution in [0.5, 0.6) is 0 Å². The summed E-state index contributed by atoms with van der Waals surface area (Å²) >= 11 is 0. The van der Waals surface area contributed by atoms with Gasteiger partial charge >= 0.3 is 0 Å². The van der Waals surface area contributed by atoms with Crippen molar-refractivity contribution >= 4 is 10.8 Å². The molecule has 0 saturated heterocycles. The minimum atomic E-state index is -0.716. The quantitative estimate of drug-likeness (QED) is 0.758.